The van der Waals surface area contributed by atoms with Gasteiger partial charge in [0.25, 0.3) is 0 Å². The molecule has 0 bridgehead atoms. The molecule has 16 heavy (non-hydrogen) atoms. The fourth-order valence-electron chi connectivity index (χ4n) is 0.906. The number of amides is 1. The van der Waals surface area contributed by atoms with E-state index in [1.807, 2.05) is 0 Å². The average molecular weight is 252 g/mol. The normalized spacial score (nSPS) is 16.4. The van der Waals surface area contributed by atoms with Crippen molar-refractivity contribution in [1.82, 2.24) is 5.32 Å². The van der Waals surface area contributed by atoms with Gasteiger partial charge in [-0.2, -0.15) is 0 Å². The van der Waals surface area contributed by atoms with Gasteiger partial charge in [0.15, 0.2) is 0 Å². The van der Waals surface area contributed by atoms with E-state index in [9.17, 15) is 9.69 Å². The Kier molecular flexibility index (Phi) is 7.62. The molecule has 7 nitrogen and oxygen atoms in total. The maximum atomic E-state index is 11.1. The molecule has 94 valence electrons. The molecule has 0 saturated heterocycles. The largest absolute Gasteiger partial charge is 0.382 e. The van der Waals surface area contributed by atoms with Crippen LogP contribution >= 0.6 is 7.74 Å². The summed E-state index contributed by atoms with van der Waals surface area (Å²) in [5.74, 6) is -0.144. The van der Waals surface area contributed by atoms with Gasteiger partial charge in [0.2, 0.25) is 5.91 Å². The number of nitrogens with one attached hydrogen (secondary N) is 2. The van der Waals surface area contributed by atoms with Crippen molar-refractivity contribution >= 4 is 21.5 Å². The van der Waals surface area contributed by atoms with Crippen LogP contribution in [-0.2, 0) is 18.6 Å². The molecule has 3 N–H and O–H groups in total. The Bertz CT molecular complexity index is 265. The minimum Gasteiger partial charge on any atom is -0.382 e. The van der Waals surface area contributed by atoms with Crippen molar-refractivity contribution in [3.8, 4) is 0 Å². The lowest BCUT2D eigenvalue weighted by molar-refractivity contribution is -0.120. The number of ether oxygens (including phenoxy) is 1. The second-order valence-corrected chi connectivity index (χ2v) is 4.74. The van der Waals surface area contributed by atoms with Gasteiger partial charge in [0.05, 0.1) is 19.3 Å². The average Bonchev–Trinajstić information content (AvgIpc) is 2.26. The monoisotopic (exact) mass is 252 g/mol. The number of hydrogen-bond donors (Lipinski definition) is 3. The first-order valence-corrected chi connectivity index (χ1v) is 6.38. The van der Waals surface area contributed by atoms with Crippen molar-refractivity contribution in [2.45, 2.75) is 12.4 Å². The highest BCUT2D eigenvalue weighted by Gasteiger charge is 2.18. The molecule has 9 heteroatoms. The van der Waals surface area contributed by atoms with Gasteiger partial charge in [0, 0.05) is 14.2 Å². The molecule has 0 aliphatic carbocycles. The van der Waals surface area contributed by atoms with Gasteiger partial charge in [-0.1, -0.05) is 0 Å². The highest BCUT2D eigenvalue weighted by Crippen LogP contribution is 2.42. The standard InChI is InChI=1S/C7H18BN2O5P/c1-13-4-6(10-7(11)3-8)5-15-16(9,12)14-2/h6H,3-5,8H2,1-2H3,(H2,9,12)(H,10,11). The van der Waals surface area contributed by atoms with Crippen LogP contribution < -0.4 is 5.32 Å². The molecule has 0 fully saturated rings. The minimum atomic E-state index is -3.51. The lowest BCUT2D eigenvalue weighted by Gasteiger charge is -2.20. The molecule has 0 aliphatic rings. The first-order valence-electron chi connectivity index (χ1n) is 4.80. The van der Waals surface area contributed by atoms with Crippen LogP contribution in [-0.4, -0.2) is 52.1 Å². The SMILES string of the molecule is BCC(=O)NC(COC)COP(=N)(O)OC. The van der Waals surface area contributed by atoms with Crippen molar-refractivity contribution in [2.75, 3.05) is 27.4 Å². The molecule has 0 spiro atoms. The van der Waals surface area contributed by atoms with Gasteiger partial charge in [-0.05, 0) is 6.32 Å². The van der Waals surface area contributed by atoms with Crippen molar-refractivity contribution < 1.29 is 23.5 Å². The molecule has 2 unspecified atom stereocenters. The molecule has 1 amide bonds. The Morgan fingerprint density at radius 1 is 1.56 bits per heavy atom. The highest BCUT2D eigenvalue weighted by molar-refractivity contribution is 7.48. The fraction of sp³-hybridized carbons (Fsp3) is 0.857. The molecular weight excluding hydrogens is 234 g/mol. The number of hydrogen-bond acceptors (Lipinski definition) is 5. The van der Waals surface area contributed by atoms with Crippen LogP contribution in [0, 0.1) is 5.16 Å². The van der Waals surface area contributed by atoms with Crippen LogP contribution in [0.3, 0.4) is 0 Å². The third-order valence-corrected chi connectivity index (χ3v) is 2.75. The molecule has 0 aromatic heterocycles. The van der Waals surface area contributed by atoms with Crippen LogP contribution in [0.4, 0.5) is 0 Å². The van der Waals surface area contributed by atoms with E-state index in [0.717, 1.165) is 0 Å². The van der Waals surface area contributed by atoms with E-state index >= 15 is 0 Å². The molecule has 2 atom stereocenters. The second-order valence-electron chi connectivity index (χ2n) is 3.07. The van der Waals surface area contributed by atoms with Gasteiger partial charge in [-0.15, -0.1) is 0 Å². The number of rotatable bonds is 8. The summed E-state index contributed by atoms with van der Waals surface area (Å²) >= 11 is 0. The van der Waals surface area contributed by atoms with Crippen LogP contribution in [0.1, 0.15) is 0 Å². The quantitative estimate of drug-likeness (QED) is 0.393. The van der Waals surface area contributed by atoms with E-state index in [2.05, 4.69) is 9.84 Å². The minimum absolute atomic E-state index is 0.0266. The molecule has 0 aromatic carbocycles. The first kappa shape index (κ1) is 15.6. The Morgan fingerprint density at radius 2 is 2.19 bits per heavy atom. The highest BCUT2D eigenvalue weighted by atomic mass is 31.2. The Hall–Kier alpha value is -0.395. The van der Waals surface area contributed by atoms with Gasteiger partial charge >= 0.3 is 7.74 Å². The lowest BCUT2D eigenvalue weighted by Crippen LogP contribution is -2.40. The van der Waals surface area contributed by atoms with E-state index in [1.165, 1.54) is 14.2 Å². The lowest BCUT2D eigenvalue weighted by atomic mass is 10.0. The molecule has 0 radical (unpaired) electrons. The topological polar surface area (TPSA) is 101 Å². The third kappa shape index (κ3) is 6.97. The molecule has 0 aliphatic heterocycles. The predicted octanol–water partition coefficient (Wildman–Crippen LogP) is -0.651. The summed E-state index contributed by atoms with van der Waals surface area (Å²) in [6, 6.07) is -0.399. The summed E-state index contributed by atoms with van der Waals surface area (Å²) < 4.78 is 14.2. The van der Waals surface area contributed by atoms with Gasteiger partial charge in [0.1, 0.15) is 7.85 Å². The predicted molar refractivity (Wildman–Crippen MR) is 62.0 cm³/mol. The molecule has 0 heterocycles. The van der Waals surface area contributed by atoms with Gasteiger partial charge in [-0.3, -0.25) is 4.79 Å². The Morgan fingerprint density at radius 3 is 2.62 bits per heavy atom. The summed E-state index contributed by atoms with van der Waals surface area (Å²) in [4.78, 5) is 20.3. The third-order valence-electron chi connectivity index (χ3n) is 1.75. The van der Waals surface area contributed by atoms with Crippen molar-refractivity contribution in [1.29, 1.82) is 5.16 Å². The van der Waals surface area contributed by atoms with Gasteiger partial charge < -0.3 is 24.0 Å². The summed E-state index contributed by atoms with van der Waals surface area (Å²) in [7, 11) is 0.896. The van der Waals surface area contributed by atoms with Crippen molar-refractivity contribution in [3.05, 3.63) is 0 Å². The molecular formula is C7H18BN2O5P. The van der Waals surface area contributed by atoms with E-state index in [0.29, 0.717) is 6.32 Å². The zero-order chi connectivity index (χ0) is 12.6. The molecule has 0 aromatic rings. The van der Waals surface area contributed by atoms with Crippen molar-refractivity contribution in [2.24, 2.45) is 0 Å². The van der Waals surface area contributed by atoms with Crippen LogP contribution in [0.5, 0.6) is 0 Å². The van der Waals surface area contributed by atoms with E-state index < -0.39 is 13.8 Å². The summed E-state index contributed by atoms with van der Waals surface area (Å²) in [6.45, 7) is 0.219. The maximum Gasteiger partial charge on any atom is 0.349 e. The fourth-order valence-corrected chi connectivity index (χ4v) is 1.39. The number of carbonyl (C=O) groups excluding carboxylic acids is 1. The van der Waals surface area contributed by atoms with Crippen LogP contribution in [0.25, 0.3) is 0 Å². The van der Waals surface area contributed by atoms with E-state index in [-0.39, 0.29) is 19.1 Å². The first-order chi connectivity index (χ1) is 7.45. The number of methoxy groups -OCH3 is 1. The Balaban J connectivity index is 4.13. The van der Waals surface area contributed by atoms with E-state index in [4.69, 9.17) is 14.4 Å². The van der Waals surface area contributed by atoms with Crippen LogP contribution in [0.15, 0.2) is 0 Å². The maximum absolute atomic E-state index is 11.1. The second kappa shape index (κ2) is 7.81. The summed E-state index contributed by atoms with van der Waals surface area (Å²) in [5.41, 5.74) is 0. The molecule has 0 rings (SSSR count). The number of carbonyl (C=O) groups is 1. The summed E-state index contributed by atoms with van der Waals surface area (Å²) in [5, 5.41) is 9.84. The van der Waals surface area contributed by atoms with E-state index in [1.54, 1.807) is 7.85 Å². The van der Waals surface area contributed by atoms with Crippen molar-refractivity contribution in [3.63, 3.8) is 0 Å². The van der Waals surface area contributed by atoms with Gasteiger partial charge in [-0.25, -0.2) is 5.16 Å². The summed E-state index contributed by atoms with van der Waals surface area (Å²) in [6.07, 6.45) is 0.352. The smallest absolute Gasteiger partial charge is 0.349 e. The zero-order valence-corrected chi connectivity index (χ0v) is 10.6. The Labute approximate surface area is 96.0 Å². The van der Waals surface area contributed by atoms with Crippen LogP contribution in [0.2, 0.25) is 6.32 Å². The zero-order valence-electron chi connectivity index (χ0n) is 9.73. The molecule has 0 saturated carbocycles.